The van der Waals surface area contributed by atoms with Crippen molar-refractivity contribution in [1.29, 1.82) is 0 Å². The first-order valence-electron chi connectivity index (χ1n) is 13.9. The van der Waals surface area contributed by atoms with Gasteiger partial charge < -0.3 is 8.85 Å². The maximum atomic E-state index is 14.4. The van der Waals surface area contributed by atoms with Gasteiger partial charge in [0.2, 0.25) is 8.32 Å². The van der Waals surface area contributed by atoms with Gasteiger partial charge in [0.25, 0.3) is 8.32 Å². The fraction of sp³-hybridized carbons (Fsp3) is 0.533. The third-order valence-corrected chi connectivity index (χ3v) is 17.1. The predicted octanol–water partition coefficient (Wildman–Crippen LogP) is 9.48. The van der Waals surface area contributed by atoms with E-state index in [9.17, 15) is 17.6 Å². The lowest BCUT2D eigenvalue weighted by Crippen LogP contribution is -2.44. The molecule has 5 nitrogen and oxygen atoms in total. The Labute approximate surface area is 243 Å². The van der Waals surface area contributed by atoms with Crippen molar-refractivity contribution in [1.82, 2.24) is 15.0 Å². The van der Waals surface area contributed by atoms with Crippen LogP contribution < -0.4 is 8.85 Å². The van der Waals surface area contributed by atoms with Crippen molar-refractivity contribution >= 4 is 16.6 Å². The van der Waals surface area contributed by atoms with Crippen molar-refractivity contribution in [2.45, 2.75) is 104 Å². The standard InChI is InChI=1S/C30H43F4N3O2Si2/c1-12-20-16-23(25-19-37(36-35-25)18-21-15-22(30(32,33)34)13-14-24(21)31)27(39-41(10,11)29(5,6)7)17-26(20)38-40(8,9)28(2,3)4/h13-17,19H,12,18H2,1-11H3. The number of nitrogens with zero attached hydrogens (tertiary/aromatic N) is 3. The number of aryl methyl sites for hydroxylation is 1. The smallest absolute Gasteiger partial charge is 0.416 e. The number of aromatic nitrogens is 3. The number of benzene rings is 2. The van der Waals surface area contributed by atoms with Gasteiger partial charge in [-0.25, -0.2) is 9.07 Å². The van der Waals surface area contributed by atoms with Crippen LogP contribution in [0.15, 0.2) is 36.5 Å². The molecular formula is C30H43F4N3O2Si2. The topological polar surface area (TPSA) is 49.2 Å². The number of rotatable bonds is 8. The van der Waals surface area contributed by atoms with Crippen molar-refractivity contribution in [2.75, 3.05) is 0 Å². The molecule has 0 atom stereocenters. The van der Waals surface area contributed by atoms with Crippen LogP contribution in [-0.4, -0.2) is 31.6 Å². The highest BCUT2D eigenvalue weighted by Gasteiger charge is 2.41. The Hall–Kier alpha value is -2.67. The maximum Gasteiger partial charge on any atom is 0.416 e. The van der Waals surface area contributed by atoms with Crippen LogP contribution >= 0.6 is 0 Å². The Morgan fingerprint density at radius 3 is 1.88 bits per heavy atom. The molecule has 0 aliphatic rings. The van der Waals surface area contributed by atoms with E-state index in [0.717, 1.165) is 29.5 Å². The van der Waals surface area contributed by atoms with E-state index in [1.807, 2.05) is 12.1 Å². The number of hydrogen-bond acceptors (Lipinski definition) is 4. The third kappa shape index (κ3) is 7.41. The molecule has 3 aromatic rings. The molecule has 0 bridgehead atoms. The molecule has 1 aromatic heterocycles. The minimum absolute atomic E-state index is 0.00147. The van der Waals surface area contributed by atoms with Gasteiger partial charge in [0.05, 0.1) is 18.3 Å². The zero-order chi connectivity index (χ0) is 31.2. The Morgan fingerprint density at radius 2 is 1.37 bits per heavy atom. The van der Waals surface area contributed by atoms with E-state index in [2.05, 4.69) is 85.0 Å². The van der Waals surface area contributed by atoms with Crippen LogP contribution in [0.25, 0.3) is 11.3 Å². The highest BCUT2D eigenvalue weighted by Crippen LogP contribution is 2.45. The van der Waals surface area contributed by atoms with Crippen LogP contribution in [0.1, 0.15) is 65.2 Å². The molecule has 41 heavy (non-hydrogen) atoms. The lowest BCUT2D eigenvalue weighted by molar-refractivity contribution is -0.137. The second-order valence-electron chi connectivity index (χ2n) is 13.6. The summed E-state index contributed by atoms with van der Waals surface area (Å²) >= 11 is 0. The SMILES string of the molecule is CCc1cc(-c2cn(Cc3cc(C(F)(F)F)ccc3F)nn2)c(O[Si](C)(C)C(C)(C)C)cc1O[Si](C)(C)C(C)(C)C. The Bertz CT molecular complexity index is 1390. The van der Waals surface area contributed by atoms with Crippen molar-refractivity contribution in [3.8, 4) is 22.8 Å². The minimum Gasteiger partial charge on any atom is -0.543 e. The quantitative estimate of drug-likeness (QED) is 0.189. The molecule has 1 heterocycles. The zero-order valence-corrected chi connectivity index (χ0v) is 28.0. The van der Waals surface area contributed by atoms with Crippen molar-refractivity contribution in [2.24, 2.45) is 0 Å². The molecule has 0 spiro atoms. The minimum atomic E-state index is -4.57. The molecule has 0 saturated heterocycles. The monoisotopic (exact) mass is 609 g/mol. The number of halogens is 4. The van der Waals surface area contributed by atoms with E-state index in [1.54, 1.807) is 6.20 Å². The molecule has 0 unspecified atom stereocenters. The second-order valence-corrected chi connectivity index (χ2v) is 23.1. The molecule has 0 aliphatic carbocycles. The molecule has 0 fully saturated rings. The van der Waals surface area contributed by atoms with Gasteiger partial charge in [-0.2, -0.15) is 13.2 Å². The molecule has 226 valence electrons. The van der Waals surface area contributed by atoms with Crippen LogP contribution in [0.2, 0.25) is 36.3 Å². The summed E-state index contributed by atoms with van der Waals surface area (Å²) in [4.78, 5) is 0. The largest absolute Gasteiger partial charge is 0.543 e. The van der Waals surface area contributed by atoms with Gasteiger partial charge in [0, 0.05) is 17.2 Å². The first kappa shape index (κ1) is 32.8. The van der Waals surface area contributed by atoms with Crippen LogP contribution in [0, 0.1) is 5.82 Å². The second kappa shape index (κ2) is 11.2. The fourth-order valence-corrected chi connectivity index (χ4v) is 5.73. The van der Waals surface area contributed by atoms with Gasteiger partial charge in [0.1, 0.15) is 23.0 Å². The van der Waals surface area contributed by atoms with Gasteiger partial charge in [-0.15, -0.1) is 5.10 Å². The van der Waals surface area contributed by atoms with Crippen LogP contribution in [0.5, 0.6) is 11.5 Å². The van der Waals surface area contributed by atoms with Crippen LogP contribution in [0.4, 0.5) is 17.6 Å². The summed E-state index contributed by atoms with van der Waals surface area (Å²) in [6, 6.07) is 6.33. The molecule has 0 radical (unpaired) electrons. The third-order valence-electron chi connectivity index (χ3n) is 8.41. The van der Waals surface area contributed by atoms with Gasteiger partial charge in [-0.05, 0) is 72.5 Å². The predicted molar refractivity (Wildman–Crippen MR) is 161 cm³/mol. The average Bonchev–Trinajstić information content (AvgIpc) is 3.26. The summed E-state index contributed by atoms with van der Waals surface area (Å²) in [6.07, 6.45) is -2.25. The van der Waals surface area contributed by atoms with Crippen molar-refractivity contribution in [3.63, 3.8) is 0 Å². The first-order chi connectivity index (χ1) is 18.6. The Morgan fingerprint density at radius 1 is 0.805 bits per heavy atom. The lowest BCUT2D eigenvalue weighted by Gasteiger charge is -2.39. The summed E-state index contributed by atoms with van der Waals surface area (Å²) in [5, 5.41) is 8.38. The first-order valence-corrected chi connectivity index (χ1v) is 19.7. The molecule has 2 aromatic carbocycles. The van der Waals surface area contributed by atoms with Crippen molar-refractivity contribution in [3.05, 3.63) is 59.0 Å². The van der Waals surface area contributed by atoms with E-state index >= 15 is 0 Å². The lowest BCUT2D eigenvalue weighted by atomic mass is 10.0. The average molecular weight is 610 g/mol. The van der Waals surface area contributed by atoms with Gasteiger partial charge in [0.15, 0.2) is 0 Å². The molecule has 0 saturated carbocycles. The molecule has 0 aliphatic heterocycles. The van der Waals surface area contributed by atoms with Crippen LogP contribution in [-0.2, 0) is 19.1 Å². The molecule has 11 heteroatoms. The number of alkyl halides is 3. The maximum absolute atomic E-state index is 14.4. The highest BCUT2D eigenvalue weighted by atomic mass is 28.4. The van der Waals surface area contributed by atoms with Gasteiger partial charge >= 0.3 is 6.18 Å². The summed E-state index contributed by atoms with van der Waals surface area (Å²) in [5.74, 6) is 0.673. The van der Waals surface area contributed by atoms with E-state index < -0.39 is 34.2 Å². The van der Waals surface area contributed by atoms with Gasteiger partial charge in [-0.3, -0.25) is 0 Å². The normalized spacial score (nSPS) is 13.4. The number of hydrogen-bond donors (Lipinski definition) is 0. The zero-order valence-electron chi connectivity index (χ0n) is 26.0. The van der Waals surface area contributed by atoms with Gasteiger partial charge in [-0.1, -0.05) is 53.7 Å². The summed E-state index contributed by atoms with van der Waals surface area (Å²) in [7, 11) is -4.46. The van der Waals surface area contributed by atoms with Crippen molar-refractivity contribution < 1.29 is 26.4 Å². The van der Waals surface area contributed by atoms with E-state index in [-0.39, 0.29) is 22.2 Å². The molecule has 3 rings (SSSR count). The van der Waals surface area contributed by atoms with E-state index in [4.69, 9.17) is 8.85 Å². The fourth-order valence-electron chi connectivity index (χ4n) is 3.66. The van der Waals surface area contributed by atoms with E-state index in [1.165, 1.54) is 4.68 Å². The van der Waals surface area contributed by atoms with E-state index in [0.29, 0.717) is 23.4 Å². The Kier molecular flexibility index (Phi) is 8.97. The molecular weight excluding hydrogens is 567 g/mol. The summed E-state index contributed by atoms with van der Waals surface area (Å²) in [5.41, 5.74) is 1.15. The van der Waals surface area contributed by atoms with Crippen LogP contribution in [0.3, 0.4) is 0 Å². The summed E-state index contributed by atoms with van der Waals surface area (Å²) in [6.45, 7) is 23.6. The Balaban J connectivity index is 2.11. The summed E-state index contributed by atoms with van der Waals surface area (Å²) < 4.78 is 69.0. The molecule has 0 N–H and O–H groups in total. The highest BCUT2D eigenvalue weighted by molar-refractivity contribution is 6.75. The molecule has 0 amide bonds.